The van der Waals surface area contributed by atoms with Crippen molar-refractivity contribution in [1.82, 2.24) is 0 Å². The largest absolute Gasteiger partial charge is 0.0616 e. The third-order valence-corrected chi connectivity index (χ3v) is 11.5. The molecule has 0 saturated heterocycles. The van der Waals surface area contributed by atoms with Crippen LogP contribution in [-0.4, -0.2) is 0 Å². The number of fused-ring (bicyclic) bond motifs is 6. The van der Waals surface area contributed by atoms with Crippen LogP contribution in [0.5, 0.6) is 0 Å². The van der Waals surface area contributed by atoms with Gasteiger partial charge in [0.1, 0.15) is 0 Å². The second-order valence-corrected chi connectivity index (χ2v) is 14.3. The lowest BCUT2D eigenvalue weighted by atomic mass is 9.82. The van der Waals surface area contributed by atoms with Crippen LogP contribution in [0.3, 0.4) is 0 Å². The summed E-state index contributed by atoms with van der Waals surface area (Å²) < 4.78 is 0. The third kappa shape index (κ3) is 4.71. The molecule has 0 aliphatic rings. The average molecular weight is 683 g/mol. The highest BCUT2D eigenvalue weighted by Gasteiger charge is 2.20. The molecule has 0 aromatic heterocycles. The topological polar surface area (TPSA) is 0 Å². The van der Waals surface area contributed by atoms with Crippen molar-refractivity contribution in [2.24, 2.45) is 0 Å². The molecular formula is C54H34. The smallest absolute Gasteiger partial charge is 0.00199 e. The van der Waals surface area contributed by atoms with Crippen LogP contribution in [0.4, 0.5) is 0 Å². The number of rotatable bonds is 4. The Morgan fingerprint density at radius 2 is 0.537 bits per heavy atom. The van der Waals surface area contributed by atoms with Crippen LogP contribution in [0, 0.1) is 0 Å². The fraction of sp³-hybridized carbons (Fsp3) is 0. The van der Waals surface area contributed by atoms with Crippen molar-refractivity contribution in [2.75, 3.05) is 0 Å². The van der Waals surface area contributed by atoms with Crippen molar-refractivity contribution >= 4 is 64.6 Å². The van der Waals surface area contributed by atoms with Gasteiger partial charge in [0.25, 0.3) is 0 Å². The molecule has 0 fully saturated rings. The molecule has 0 nitrogen and oxygen atoms in total. The molecule has 0 amide bonds. The van der Waals surface area contributed by atoms with Crippen molar-refractivity contribution in [2.45, 2.75) is 0 Å². The molecule has 0 aliphatic heterocycles. The van der Waals surface area contributed by atoms with Gasteiger partial charge in [-0.05, 0) is 115 Å². The van der Waals surface area contributed by atoms with E-state index in [1.165, 1.54) is 109 Å². The normalized spacial score (nSPS) is 11.7. The van der Waals surface area contributed by atoms with Gasteiger partial charge in [-0.25, -0.2) is 0 Å². The Balaban J connectivity index is 1.24. The van der Waals surface area contributed by atoms with Gasteiger partial charge in [-0.3, -0.25) is 0 Å². The highest BCUT2D eigenvalue weighted by atomic mass is 14.2. The van der Waals surface area contributed by atoms with Crippen LogP contribution in [0.1, 0.15) is 0 Å². The van der Waals surface area contributed by atoms with E-state index in [-0.39, 0.29) is 0 Å². The predicted molar refractivity (Wildman–Crippen MR) is 233 cm³/mol. The molecule has 0 N–H and O–H groups in total. The van der Waals surface area contributed by atoms with Crippen LogP contribution < -0.4 is 0 Å². The van der Waals surface area contributed by atoms with Crippen molar-refractivity contribution in [3.05, 3.63) is 206 Å². The molecule has 54 heavy (non-hydrogen) atoms. The maximum absolute atomic E-state index is 2.47. The molecule has 0 bridgehead atoms. The second-order valence-electron chi connectivity index (χ2n) is 14.3. The Hall–Kier alpha value is -7.02. The number of hydrogen-bond acceptors (Lipinski definition) is 0. The molecule has 11 rings (SSSR count). The Labute approximate surface area is 314 Å². The first kappa shape index (κ1) is 30.6. The quantitative estimate of drug-likeness (QED) is 0.162. The molecule has 0 spiro atoms. The summed E-state index contributed by atoms with van der Waals surface area (Å²) in [4.78, 5) is 0. The third-order valence-electron chi connectivity index (χ3n) is 11.5. The van der Waals surface area contributed by atoms with E-state index >= 15 is 0 Å². The molecule has 11 aromatic rings. The molecule has 11 aromatic carbocycles. The van der Waals surface area contributed by atoms with E-state index in [9.17, 15) is 0 Å². The molecular weight excluding hydrogens is 649 g/mol. The zero-order chi connectivity index (χ0) is 35.6. The summed E-state index contributed by atoms with van der Waals surface area (Å²) in [5.74, 6) is 0. The maximum atomic E-state index is 2.47. The SMILES string of the molecule is c1ccc2c(-c3ccc(-c4ccc5c(-c6cccc7ccccc67)c6ccccc6c(-c6cccc7ccccc67)c5c4)c4ccccc34)cccc2c1. The maximum Gasteiger partial charge on any atom is -0.00199 e. The number of hydrogen-bond donors (Lipinski definition) is 0. The molecule has 0 saturated carbocycles. The van der Waals surface area contributed by atoms with E-state index in [0.29, 0.717) is 0 Å². The Bertz CT molecular complexity index is 3260. The van der Waals surface area contributed by atoms with Crippen LogP contribution in [0.15, 0.2) is 206 Å². The van der Waals surface area contributed by atoms with Crippen LogP contribution in [0.25, 0.3) is 109 Å². The lowest BCUT2D eigenvalue weighted by molar-refractivity contribution is 1.65. The molecule has 0 aliphatic carbocycles. The fourth-order valence-corrected chi connectivity index (χ4v) is 9.06. The first-order valence-electron chi connectivity index (χ1n) is 18.8. The van der Waals surface area contributed by atoms with Gasteiger partial charge >= 0.3 is 0 Å². The summed E-state index contributed by atoms with van der Waals surface area (Å²) in [6.45, 7) is 0. The lowest BCUT2D eigenvalue weighted by Gasteiger charge is -2.21. The fourth-order valence-electron chi connectivity index (χ4n) is 9.06. The zero-order valence-corrected chi connectivity index (χ0v) is 29.6. The summed E-state index contributed by atoms with van der Waals surface area (Å²) in [6.07, 6.45) is 0. The van der Waals surface area contributed by atoms with Crippen molar-refractivity contribution in [3.8, 4) is 44.5 Å². The van der Waals surface area contributed by atoms with Gasteiger partial charge in [0, 0.05) is 0 Å². The van der Waals surface area contributed by atoms with Crippen molar-refractivity contribution < 1.29 is 0 Å². The van der Waals surface area contributed by atoms with E-state index < -0.39 is 0 Å². The minimum atomic E-state index is 1.21. The molecule has 0 heteroatoms. The number of benzene rings is 11. The van der Waals surface area contributed by atoms with Gasteiger partial charge in [0.2, 0.25) is 0 Å². The molecule has 0 unspecified atom stereocenters. The minimum absolute atomic E-state index is 1.21. The first-order valence-corrected chi connectivity index (χ1v) is 18.8. The van der Waals surface area contributed by atoms with Gasteiger partial charge < -0.3 is 0 Å². The van der Waals surface area contributed by atoms with Crippen molar-refractivity contribution in [1.29, 1.82) is 0 Å². The average Bonchev–Trinajstić information content (AvgIpc) is 3.24. The lowest BCUT2D eigenvalue weighted by Crippen LogP contribution is -1.93. The monoisotopic (exact) mass is 682 g/mol. The van der Waals surface area contributed by atoms with Gasteiger partial charge in [0.05, 0.1) is 0 Å². The summed E-state index contributed by atoms with van der Waals surface area (Å²) >= 11 is 0. The Morgan fingerprint density at radius 1 is 0.185 bits per heavy atom. The summed E-state index contributed by atoms with van der Waals surface area (Å²) in [6, 6.07) is 76.2. The van der Waals surface area contributed by atoms with Crippen LogP contribution in [0.2, 0.25) is 0 Å². The van der Waals surface area contributed by atoms with Crippen LogP contribution in [-0.2, 0) is 0 Å². The van der Waals surface area contributed by atoms with E-state index in [4.69, 9.17) is 0 Å². The van der Waals surface area contributed by atoms with E-state index in [1.54, 1.807) is 0 Å². The van der Waals surface area contributed by atoms with Crippen molar-refractivity contribution in [3.63, 3.8) is 0 Å². The molecule has 0 heterocycles. The summed E-state index contributed by atoms with van der Waals surface area (Å²) in [7, 11) is 0. The minimum Gasteiger partial charge on any atom is -0.0616 e. The summed E-state index contributed by atoms with van der Waals surface area (Å²) in [5, 5.41) is 15.1. The Morgan fingerprint density at radius 3 is 1.09 bits per heavy atom. The van der Waals surface area contributed by atoms with E-state index in [2.05, 4.69) is 206 Å². The molecule has 0 radical (unpaired) electrons. The standard InChI is InChI=1S/C54H34/c1-4-20-39-35(14-1)17-11-27-44(39)46-33-32-42(43-23-7-8-24-45(43)46)38-30-31-51-52(34-38)54(48-29-13-19-37-16-3-6-22-41(37)48)50-26-10-9-25-49(50)53(51)47-28-12-18-36-15-2-5-21-40(36)47/h1-34H. The van der Waals surface area contributed by atoms with E-state index in [1.807, 2.05) is 0 Å². The highest BCUT2D eigenvalue weighted by Crippen LogP contribution is 2.48. The molecule has 250 valence electrons. The zero-order valence-electron chi connectivity index (χ0n) is 29.6. The second kappa shape index (κ2) is 12.3. The van der Waals surface area contributed by atoms with Gasteiger partial charge in [-0.2, -0.15) is 0 Å². The predicted octanol–water partition coefficient (Wildman–Crippen LogP) is 15.3. The van der Waals surface area contributed by atoms with Crippen LogP contribution >= 0.6 is 0 Å². The van der Waals surface area contributed by atoms with Gasteiger partial charge in [-0.15, -0.1) is 0 Å². The molecule has 0 atom stereocenters. The van der Waals surface area contributed by atoms with Gasteiger partial charge in [-0.1, -0.05) is 200 Å². The van der Waals surface area contributed by atoms with E-state index in [0.717, 1.165) is 0 Å². The van der Waals surface area contributed by atoms with Gasteiger partial charge in [0.15, 0.2) is 0 Å². The Kier molecular flexibility index (Phi) is 6.97. The summed E-state index contributed by atoms with van der Waals surface area (Å²) in [5.41, 5.74) is 10.0. The highest BCUT2D eigenvalue weighted by molar-refractivity contribution is 6.26. The first-order chi connectivity index (χ1) is 26.8.